The number of methoxy groups -OCH3 is 1. The van der Waals surface area contributed by atoms with Crippen molar-refractivity contribution < 1.29 is 9.47 Å². The summed E-state index contributed by atoms with van der Waals surface area (Å²) < 4.78 is 11.0. The largest absolute Gasteiger partial charge is 0.493 e. The lowest BCUT2D eigenvalue weighted by molar-refractivity contribution is 0.294. The number of aliphatic imine (C=N–C) groups is 1. The van der Waals surface area contributed by atoms with Crippen LogP contribution in [-0.2, 0) is 6.54 Å². The molecule has 0 amide bonds. The Morgan fingerprint density at radius 2 is 2.09 bits per heavy atom. The van der Waals surface area contributed by atoms with Crippen LogP contribution in [-0.4, -0.2) is 33.3 Å². The summed E-state index contributed by atoms with van der Waals surface area (Å²) in [5.41, 5.74) is 1.09. The average molecular weight is 419 g/mol. The van der Waals surface area contributed by atoms with E-state index in [-0.39, 0.29) is 24.0 Å². The van der Waals surface area contributed by atoms with E-state index in [2.05, 4.69) is 29.1 Å². The summed E-state index contributed by atoms with van der Waals surface area (Å²) in [7, 11) is 3.39. The maximum atomic E-state index is 5.64. The standard InChI is InChI=1S/C16H25N3O2.HI/c1-5-9-18-16(17-3)19-12-13-7-8-14(21-10-6-2)15(11-13)20-4;/h5,7-8,11H,1,6,9-10,12H2,2-4H3,(H2,17,18,19);1H. The molecule has 0 bridgehead atoms. The molecule has 124 valence electrons. The summed E-state index contributed by atoms with van der Waals surface area (Å²) in [6, 6.07) is 5.92. The molecule has 0 aliphatic carbocycles. The van der Waals surface area contributed by atoms with E-state index in [1.54, 1.807) is 20.2 Å². The zero-order chi connectivity index (χ0) is 15.5. The molecule has 5 nitrogen and oxygen atoms in total. The molecule has 1 rings (SSSR count). The first-order valence-corrected chi connectivity index (χ1v) is 7.10. The fraction of sp³-hybridized carbons (Fsp3) is 0.438. The van der Waals surface area contributed by atoms with Crippen LogP contribution in [0.25, 0.3) is 0 Å². The van der Waals surface area contributed by atoms with Crippen molar-refractivity contribution in [1.29, 1.82) is 0 Å². The number of rotatable bonds is 8. The van der Waals surface area contributed by atoms with Gasteiger partial charge in [-0.1, -0.05) is 19.1 Å². The van der Waals surface area contributed by atoms with Crippen LogP contribution < -0.4 is 20.1 Å². The van der Waals surface area contributed by atoms with Crippen molar-refractivity contribution in [2.45, 2.75) is 19.9 Å². The van der Waals surface area contributed by atoms with E-state index in [0.29, 0.717) is 19.7 Å². The zero-order valence-corrected chi connectivity index (χ0v) is 15.8. The van der Waals surface area contributed by atoms with Crippen LogP contribution >= 0.6 is 24.0 Å². The van der Waals surface area contributed by atoms with Gasteiger partial charge in [0.15, 0.2) is 17.5 Å². The Morgan fingerprint density at radius 3 is 2.68 bits per heavy atom. The summed E-state index contributed by atoms with van der Waals surface area (Å²) >= 11 is 0. The molecule has 0 saturated heterocycles. The van der Waals surface area contributed by atoms with E-state index >= 15 is 0 Å². The fourth-order valence-electron chi connectivity index (χ4n) is 1.73. The number of nitrogens with zero attached hydrogens (tertiary/aromatic N) is 1. The number of halogens is 1. The van der Waals surface area contributed by atoms with Gasteiger partial charge >= 0.3 is 0 Å². The molecule has 2 N–H and O–H groups in total. The molecule has 1 aromatic rings. The van der Waals surface area contributed by atoms with Crippen molar-refractivity contribution in [2.24, 2.45) is 4.99 Å². The highest BCUT2D eigenvalue weighted by Gasteiger charge is 2.06. The van der Waals surface area contributed by atoms with Crippen molar-refractivity contribution in [2.75, 3.05) is 27.3 Å². The highest BCUT2D eigenvalue weighted by atomic mass is 127. The lowest BCUT2D eigenvalue weighted by atomic mass is 10.2. The number of ether oxygens (including phenoxy) is 2. The second kappa shape index (κ2) is 12.1. The van der Waals surface area contributed by atoms with Gasteiger partial charge in [-0.2, -0.15) is 0 Å². The molecule has 0 spiro atoms. The number of hydrogen-bond donors (Lipinski definition) is 2. The first kappa shape index (κ1) is 20.6. The molecule has 0 aliphatic rings. The lowest BCUT2D eigenvalue weighted by Crippen LogP contribution is -2.36. The third kappa shape index (κ3) is 7.02. The smallest absolute Gasteiger partial charge is 0.191 e. The number of nitrogens with one attached hydrogen (secondary N) is 2. The molecular formula is C16H26IN3O2. The third-order valence-corrected chi connectivity index (χ3v) is 2.79. The van der Waals surface area contributed by atoms with Crippen molar-refractivity contribution in [3.63, 3.8) is 0 Å². The molecule has 0 heterocycles. The van der Waals surface area contributed by atoms with E-state index in [0.717, 1.165) is 29.4 Å². The molecule has 0 fully saturated rings. The molecule has 1 aromatic carbocycles. The van der Waals surface area contributed by atoms with Gasteiger partial charge in [0.2, 0.25) is 0 Å². The molecule has 0 atom stereocenters. The zero-order valence-electron chi connectivity index (χ0n) is 13.5. The minimum atomic E-state index is 0. The molecule has 6 heteroatoms. The van der Waals surface area contributed by atoms with Crippen LogP contribution in [0.4, 0.5) is 0 Å². The molecule has 0 unspecified atom stereocenters. The van der Waals surface area contributed by atoms with Gasteiger partial charge in [0.05, 0.1) is 13.7 Å². The second-order valence-electron chi connectivity index (χ2n) is 4.43. The van der Waals surface area contributed by atoms with Gasteiger partial charge in [-0.05, 0) is 24.1 Å². The van der Waals surface area contributed by atoms with Crippen LogP contribution in [0.1, 0.15) is 18.9 Å². The van der Waals surface area contributed by atoms with E-state index in [4.69, 9.17) is 9.47 Å². The normalized spacial score (nSPS) is 10.4. The van der Waals surface area contributed by atoms with Crippen molar-refractivity contribution in [1.82, 2.24) is 10.6 Å². The predicted octanol–water partition coefficient (Wildman–Crippen LogP) is 2.95. The van der Waals surface area contributed by atoms with Crippen LogP contribution in [0.15, 0.2) is 35.8 Å². The Bertz CT molecular complexity index is 478. The molecule has 0 aromatic heterocycles. The monoisotopic (exact) mass is 419 g/mol. The SMILES string of the molecule is C=CCNC(=NC)NCc1ccc(OCCC)c(OC)c1.I. The van der Waals surface area contributed by atoms with Crippen LogP contribution in [0.2, 0.25) is 0 Å². The van der Waals surface area contributed by atoms with Gasteiger partial charge in [-0.3, -0.25) is 4.99 Å². The fourth-order valence-corrected chi connectivity index (χ4v) is 1.73. The van der Waals surface area contributed by atoms with Gasteiger partial charge < -0.3 is 20.1 Å². The van der Waals surface area contributed by atoms with Crippen LogP contribution in [0, 0.1) is 0 Å². The minimum Gasteiger partial charge on any atom is -0.493 e. The lowest BCUT2D eigenvalue weighted by Gasteiger charge is -2.13. The summed E-state index contributed by atoms with van der Waals surface area (Å²) in [6.45, 7) is 7.76. The topological polar surface area (TPSA) is 54.9 Å². The van der Waals surface area contributed by atoms with Crippen molar-refractivity contribution in [3.05, 3.63) is 36.4 Å². The summed E-state index contributed by atoms with van der Waals surface area (Å²) in [6.07, 6.45) is 2.76. The molecule has 0 aliphatic heterocycles. The van der Waals surface area contributed by atoms with Crippen molar-refractivity contribution >= 4 is 29.9 Å². The summed E-state index contributed by atoms with van der Waals surface area (Å²) in [4.78, 5) is 4.13. The van der Waals surface area contributed by atoms with Crippen molar-refractivity contribution in [3.8, 4) is 11.5 Å². The van der Waals surface area contributed by atoms with Gasteiger partial charge in [-0.25, -0.2) is 0 Å². The number of benzene rings is 1. The molecule has 0 radical (unpaired) electrons. The Labute approximate surface area is 150 Å². The van der Waals surface area contributed by atoms with E-state index in [9.17, 15) is 0 Å². The Kier molecular flexibility index (Phi) is 11.3. The summed E-state index contributed by atoms with van der Waals surface area (Å²) in [5, 5.41) is 6.35. The first-order chi connectivity index (χ1) is 10.2. The molecular weight excluding hydrogens is 393 g/mol. The minimum absolute atomic E-state index is 0. The van der Waals surface area contributed by atoms with Gasteiger partial charge in [0.1, 0.15) is 0 Å². The van der Waals surface area contributed by atoms with Gasteiger partial charge in [0.25, 0.3) is 0 Å². The number of guanidine groups is 1. The van der Waals surface area contributed by atoms with E-state index < -0.39 is 0 Å². The Balaban J connectivity index is 0.00000441. The van der Waals surface area contributed by atoms with E-state index in [1.807, 2.05) is 18.2 Å². The number of hydrogen-bond acceptors (Lipinski definition) is 3. The van der Waals surface area contributed by atoms with Gasteiger partial charge in [0, 0.05) is 20.1 Å². The quantitative estimate of drug-likeness (QED) is 0.295. The average Bonchev–Trinajstić information content (AvgIpc) is 2.53. The van der Waals surface area contributed by atoms with Crippen LogP contribution in [0.5, 0.6) is 11.5 Å². The Hall–Kier alpha value is -1.44. The first-order valence-electron chi connectivity index (χ1n) is 7.10. The highest BCUT2D eigenvalue weighted by Crippen LogP contribution is 2.28. The molecule has 22 heavy (non-hydrogen) atoms. The summed E-state index contributed by atoms with van der Waals surface area (Å²) in [5.74, 6) is 2.26. The third-order valence-electron chi connectivity index (χ3n) is 2.79. The maximum absolute atomic E-state index is 5.64. The highest BCUT2D eigenvalue weighted by molar-refractivity contribution is 14.0. The van der Waals surface area contributed by atoms with E-state index in [1.165, 1.54) is 0 Å². The predicted molar refractivity (Wildman–Crippen MR) is 103 cm³/mol. The van der Waals surface area contributed by atoms with Crippen LogP contribution in [0.3, 0.4) is 0 Å². The molecule has 0 saturated carbocycles. The second-order valence-corrected chi connectivity index (χ2v) is 4.43. The Morgan fingerprint density at radius 1 is 1.32 bits per heavy atom. The maximum Gasteiger partial charge on any atom is 0.191 e. The van der Waals surface area contributed by atoms with Gasteiger partial charge in [-0.15, -0.1) is 30.6 Å².